The van der Waals surface area contributed by atoms with Gasteiger partial charge in [-0.1, -0.05) is 6.07 Å². The zero-order valence-electron chi connectivity index (χ0n) is 11.3. The predicted molar refractivity (Wildman–Crippen MR) is 71.3 cm³/mol. The zero-order valence-corrected chi connectivity index (χ0v) is 12.1. The van der Waals surface area contributed by atoms with Gasteiger partial charge in [-0.3, -0.25) is 9.59 Å². The quantitative estimate of drug-likeness (QED) is 0.551. The minimum Gasteiger partial charge on any atom is -0.497 e. The third kappa shape index (κ3) is 4.65. The van der Waals surface area contributed by atoms with Crippen molar-refractivity contribution in [1.29, 1.82) is 0 Å². The summed E-state index contributed by atoms with van der Waals surface area (Å²) in [6.45, 7) is 1.75. The van der Waals surface area contributed by atoms with E-state index in [4.69, 9.17) is 4.74 Å². The van der Waals surface area contributed by atoms with Gasteiger partial charge < -0.3 is 9.47 Å². The van der Waals surface area contributed by atoms with E-state index in [0.717, 1.165) is 0 Å². The van der Waals surface area contributed by atoms with Gasteiger partial charge in [0.1, 0.15) is 17.9 Å². The van der Waals surface area contributed by atoms with Gasteiger partial charge in [0.05, 0.1) is 18.6 Å². The molecule has 0 aliphatic heterocycles. The molecule has 0 radical (unpaired) electrons. The van der Waals surface area contributed by atoms with Gasteiger partial charge in [0.25, 0.3) is 0 Å². The topological polar surface area (TPSA) is 86.7 Å². The van der Waals surface area contributed by atoms with Gasteiger partial charge in [-0.2, -0.15) is 0 Å². The van der Waals surface area contributed by atoms with E-state index in [1.165, 1.54) is 25.3 Å². The Hall–Kier alpha value is -1.89. The highest BCUT2D eigenvalue weighted by Gasteiger charge is 2.22. The van der Waals surface area contributed by atoms with Crippen molar-refractivity contribution in [3.8, 4) is 5.75 Å². The second-order valence-corrected chi connectivity index (χ2v) is 5.95. The van der Waals surface area contributed by atoms with Crippen molar-refractivity contribution >= 4 is 21.6 Å². The molecule has 1 aromatic rings. The third-order valence-corrected chi connectivity index (χ3v) is 4.07. The standard InChI is InChI=1S/C13H16O6S/c1-3-19-13(15)7-10(14)9-20(16,17)12-6-4-5-11(8-12)18-2/h4-6,8H,3,7,9H2,1-2H3. The first-order chi connectivity index (χ1) is 9.39. The van der Waals surface area contributed by atoms with Crippen LogP contribution in [0.4, 0.5) is 0 Å². The molecule has 7 heteroatoms. The third-order valence-electron chi connectivity index (χ3n) is 2.40. The van der Waals surface area contributed by atoms with Crippen LogP contribution in [0.2, 0.25) is 0 Å². The summed E-state index contributed by atoms with van der Waals surface area (Å²) in [5.74, 6) is -1.78. The van der Waals surface area contributed by atoms with Gasteiger partial charge in [0.15, 0.2) is 15.6 Å². The van der Waals surface area contributed by atoms with E-state index < -0.39 is 33.8 Å². The highest BCUT2D eigenvalue weighted by atomic mass is 32.2. The molecule has 1 aromatic carbocycles. The van der Waals surface area contributed by atoms with E-state index in [2.05, 4.69) is 4.74 Å². The fraction of sp³-hybridized carbons (Fsp3) is 0.385. The molecular weight excluding hydrogens is 284 g/mol. The maximum atomic E-state index is 12.0. The molecular formula is C13H16O6S. The number of ketones is 1. The summed E-state index contributed by atoms with van der Waals surface area (Å²) < 4.78 is 33.6. The molecule has 0 aliphatic carbocycles. The van der Waals surface area contributed by atoms with Crippen LogP contribution in [0.5, 0.6) is 5.75 Å². The number of ether oxygens (including phenoxy) is 2. The highest BCUT2D eigenvalue weighted by molar-refractivity contribution is 7.92. The average Bonchev–Trinajstić information content (AvgIpc) is 2.38. The van der Waals surface area contributed by atoms with Gasteiger partial charge in [-0.05, 0) is 25.1 Å². The Balaban J connectivity index is 2.79. The van der Waals surface area contributed by atoms with Crippen LogP contribution in [0.25, 0.3) is 0 Å². The lowest BCUT2D eigenvalue weighted by atomic mass is 10.3. The van der Waals surface area contributed by atoms with E-state index in [0.29, 0.717) is 5.75 Å². The monoisotopic (exact) mass is 300 g/mol. The molecule has 0 saturated carbocycles. The molecule has 1 rings (SSSR count). The van der Waals surface area contributed by atoms with Crippen molar-refractivity contribution in [2.75, 3.05) is 19.5 Å². The number of carbonyl (C=O) groups is 2. The SMILES string of the molecule is CCOC(=O)CC(=O)CS(=O)(=O)c1cccc(OC)c1. The average molecular weight is 300 g/mol. The van der Waals surface area contributed by atoms with Crippen molar-refractivity contribution in [1.82, 2.24) is 0 Å². The van der Waals surface area contributed by atoms with E-state index in [-0.39, 0.29) is 11.5 Å². The Labute approximate surface area is 117 Å². The van der Waals surface area contributed by atoms with Crippen LogP contribution >= 0.6 is 0 Å². The van der Waals surface area contributed by atoms with Crippen LogP contribution in [-0.2, 0) is 24.2 Å². The van der Waals surface area contributed by atoms with E-state index in [1.54, 1.807) is 13.0 Å². The van der Waals surface area contributed by atoms with Crippen molar-refractivity contribution in [2.24, 2.45) is 0 Å². The second kappa shape index (κ2) is 7.04. The first-order valence-electron chi connectivity index (χ1n) is 5.93. The summed E-state index contributed by atoms with van der Waals surface area (Å²) >= 11 is 0. The number of esters is 1. The molecule has 0 aliphatic rings. The molecule has 0 unspecified atom stereocenters. The first-order valence-corrected chi connectivity index (χ1v) is 7.58. The summed E-state index contributed by atoms with van der Waals surface area (Å²) in [5, 5.41) is 0. The molecule has 0 heterocycles. The minimum atomic E-state index is -3.79. The Kier molecular flexibility index (Phi) is 5.69. The summed E-state index contributed by atoms with van der Waals surface area (Å²) in [6.07, 6.45) is -0.545. The van der Waals surface area contributed by atoms with Gasteiger partial charge in [-0.15, -0.1) is 0 Å². The van der Waals surface area contributed by atoms with Crippen molar-refractivity contribution < 1.29 is 27.5 Å². The van der Waals surface area contributed by atoms with Crippen molar-refractivity contribution in [3.05, 3.63) is 24.3 Å². The number of hydrogen-bond acceptors (Lipinski definition) is 6. The van der Waals surface area contributed by atoms with Crippen molar-refractivity contribution in [2.45, 2.75) is 18.2 Å². The molecule has 0 spiro atoms. The molecule has 0 atom stereocenters. The Morgan fingerprint density at radius 3 is 2.55 bits per heavy atom. The molecule has 0 amide bonds. The predicted octanol–water partition coefficient (Wildman–Crippen LogP) is 0.991. The smallest absolute Gasteiger partial charge is 0.313 e. The van der Waals surface area contributed by atoms with Crippen LogP contribution in [-0.4, -0.2) is 39.6 Å². The molecule has 0 bridgehead atoms. The van der Waals surface area contributed by atoms with E-state index in [9.17, 15) is 18.0 Å². The molecule has 20 heavy (non-hydrogen) atoms. The van der Waals surface area contributed by atoms with Gasteiger partial charge in [0, 0.05) is 0 Å². The number of hydrogen-bond donors (Lipinski definition) is 0. The Bertz CT molecular complexity index is 591. The maximum absolute atomic E-state index is 12.0. The molecule has 6 nitrogen and oxygen atoms in total. The molecule has 110 valence electrons. The van der Waals surface area contributed by atoms with Crippen LogP contribution in [0.1, 0.15) is 13.3 Å². The lowest BCUT2D eigenvalue weighted by molar-refractivity contribution is -0.145. The van der Waals surface area contributed by atoms with Gasteiger partial charge >= 0.3 is 5.97 Å². The number of rotatable bonds is 7. The van der Waals surface area contributed by atoms with Crippen LogP contribution < -0.4 is 4.74 Å². The van der Waals surface area contributed by atoms with Gasteiger partial charge in [0.2, 0.25) is 0 Å². The van der Waals surface area contributed by atoms with E-state index >= 15 is 0 Å². The second-order valence-electron chi connectivity index (χ2n) is 3.96. The molecule has 0 saturated heterocycles. The lowest BCUT2D eigenvalue weighted by Gasteiger charge is -2.06. The first kappa shape index (κ1) is 16.2. The summed E-state index contributed by atoms with van der Waals surface area (Å²) in [4.78, 5) is 22.7. The van der Waals surface area contributed by atoms with Crippen molar-refractivity contribution in [3.63, 3.8) is 0 Å². The fourth-order valence-electron chi connectivity index (χ4n) is 1.51. The highest BCUT2D eigenvalue weighted by Crippen LogP contribution is 2.18. The summed E-state index contributed by atoms with van der Waals surface area (Å²) in [5.41, 5.74) is 0. The minimum absolute atomic E-state index is 0.0194. The van der Waals surface area contributed by atoms with Crippen LogP contribution in [0.3, 0.4) is 0 Å². The Morgan fingerprint density at radius 1 is 1.25 bits per heavy atom. The zero-order chi connectivity index (χ0) is 15.2. The lowest BCUT2D eigenvalue weighted by Crippen LogP contribution is -2.20. The Morgan fingerprint density at radius 2 is 1.95 bits per heavy atom. The number of methoxy groups -OCH3 is 1. The van der Waals surface area contributed by atoms with Gasteiger partial charge in [-0.25, -0.2) is 8.42 Å². The summed E-state index contributed by atoms with van der Waals surface area (Å²) in [6, 6.07) is 5.81. The number of benzene rings is 1. The normalized spacial score (nSPS) is 10.9. The number of Topliss-reactive ketones (excluding diaryl/α,β-unsaturated/α-hetero) is 1. The number of sulfone groups is 1. The fourth-order valence-corrected chi connectivity index (χ4v) is 2.79. The van der Waals surface area contributed by atoms with E-state index in [1.807, 2.05) is 0 Å². The maximum Gasteiger partial charge on any atom is 0.313 e. The molecule has 0 aromatic heterocycles. The van der Waals surface area contributed by atoms with Crippen LogP contribution in [0, 0.1) is 0 Å². The molecule has 0 N–H and O–H groups in total. The summed E-state index contributed by atoms with van der Waals surface area (Å²) in [7, 11) is -2.38. The largest absolute Gasteiger partial charge is 0.497 e. The number of carbonyl (C=O) groups excluding carboxylic acids is 2. The molecule has 0 fully saturated rings. The van der Waals surface area contributed by atoms with Crippen LogP contribution in [0.15, 0.2) is 29.2 Å².